The molecule has 0 radical (unpaired) electrons. The van der Waals surface area contributed by atoms with E-state index in [1.165, 1.54) is 30.6 Å². The summed E-state index contributed by atoms with van der Waals surface area (Å²) >= 11 is 2.95. The van der Waals surface area contributed by atoms with E-state index >= 15 is 0 Å². The van der Waals surface area contributed by atoms with Gasteiger partial charge in [0.05, 0.1) is 17.7 Å². The van der Waals surface area contributed by atoms with Crippen molar-refractivity contribution in [2.24, 2.45) is 0 Å². The molecule has 0 aliphatic carbocycles. The van der Waals surface area contributed by atoms with Crippen LogP contribution in [0.15, 0.2) is 56.9 Å². The molecule has 1 N–H and O–H groups in total. The summed E-state index contributed by atoms with van der Waals surface area (Å²) in [6.07, 6.45) is 0.329. The van der Waals surface area contributed by atoms with E-state index in [2.05, 4.69) is 5.32 Å². The standard InChI is InChI=1S/C18H15NO4S3/c1-23-11-4-6-12(7-5-11)26(21,22)15-10-25-18-13(14-3-2-8-24-14)9-16(20)19-17(15)18/h2-8,10,13H,9H2,1H3,(H,19,20). The fraction of sp³-hybridized carbons (Fsp3) is 0.167. The molecule has 0 fully saturated rings. The summed E-state index contributed by atoms with van der Waals surface area (Å²) in [7, 11) is -2.21. The van der Waals surface area contributed by atoms with E-state index in [1.54, 1.807) is 28.8 Å². The molecule has 1 atom stereocenters. The van der Waals surface area contributed by atoms with Crippen molar-refractivity contribution in [1.82, 2.24) is 0 Å². The molecule has 0 saturated heterocycles. The minimum absolute atomic E-state index is 0.0939. The lowest BCUT2D eigenvalue weighted by molar-refractivity contribution is -0.116. The number of hydrogen-bond acceptors (Lipinski definition) is 6. The number of sulfone groups is 1. The number of ether oxygens (including phenoxy) is 1. The van der Waals surface area contributed by atoms with Crippen LogP contribution < -0.4 is 10.1 Å². The first-order valence-corrected chi connectivity index (χ1v) is 11.1. The van der Waals surface area contributed by atoms with Gasteiger partial charge < -0.3 is 10.1 Å². The van der Waals surface area contributed by atoms with Crippen molar-refractivity contribution in [3.63, 3.8) is 0 Å². The first-order chi connectivity index (χ1) is 12.5. The van der Waals surface area contributed by atoms with Crippen LogP contribution in [0.4, 0.5) is 5.69 Å². The van der Waals surface area contributed by atoms with Crippen LogP contribution in [0.25, 0.3) is 0 Å². The highest BCUT2D eigenvalue weighted by molar-refractivity contribution is 7.91. The Morgan fingerprint density at radius 1 is 1.15 bits per heavy atom. The fourth-order valence-corrected chi connectivity index (χ4v) is 6.81. The molecule has 0 saturated carbocycles. The van der Waals surface area contributed by atoms with E-state index in [9.17, 15) is 13.2 Å². The third kappa shape index (κ3) is 2.84. The maximum atomic E-state index is 13.1. The fourth-order valence-electron chi connectivity index (χ4n) is 3.00. The molecular formula is C18H15NO4S3. The summed E-state index contributed by atoms with van der Waals surface area (Å²) in [6.45, 7) is 0. The van der Waals surface area contributed by atoms with Crippen molar-refractivity contribution in [3.05, 3.63) is 56.9 Å². The maximum Gasteiger partial charge on any atom is 0.225 e. The molecule has 0 spiro atoms. The molecule has 1 amide bonds. The Morgan fingerprint density at radius 2 is 1.92 bits per heavy atom. The summed E-state index contributed by atoms with van der Waals surface area (Å²) in [5.74, 6) is 0.325. The van der Waals surface area contributed by atoms with Gasteiger partial charge in [-0.25, -0.2) is 8.42 Å². The smallest absolute Gasteiger partial charge is 0.225 e. The predicted octanol–water partition coefficient (Wildman–Crippen LogP) is 4.13. The van der Waals surface area contributed by atoms with Gasteiger partial charge in [0, 0.05) is 27.5 Å². The summed E-state index contributed by atoms with van der Waals surface area (Å²) < 4.78 is 31.3. The van der Waals surface area contributed by atoms with E-state index < -0.39 is 9.84 Å². The Bertz CT molecular complexity index is 1050. The molecule has 26 heavy (non-hydrogen) atoms. The molecule has 134 valence electrons. The molecule has 8 heteroatoms. The van der Waals surface area contributed by atoms with Crippen molar-refractivity contribution in [1.29, 1.82) is 0 Å². The number of carbonyl (C=O) groups excluding carboxylic acids is 1. The van der Waals surface area contributed by atoms with Crippen molar-refractivity contribution < 1.29 is 17.9 Å². The Hall–Kier alpha value is -2.16. The molecule has 5 nitrogen and oxygen atoms in total. The molecule has 1 aliphatic heterocycles. The lowest BCUT2D eigenvalue weighted by atomic mass is 9.97. The minimum Gasteiger partial charge on any atom is -0.497 e. The third-order valence-corrected chi connectivity index (χ3v) is 8.33. The van der Waals surface area contributed by atoms with Gasteiger partial charge in [0.25, 0.3) is 0 Å². The van der Waals surface area contributed by atoms with Gasteiger partial charge in [0.15, 0.2) is 0 Å². The normalized spacial score (nSPS) is 16.8. The number of benzene rings is 1. The Balaban J connectivity index is 1.80. The largest absolute Gasteiger partial charge is 0.497 e. The Kier molecular flexibility index (Phi) is 4.34. The van der Waals surface area contributed by atoms with Gasteiger partial charge in [-0.15, -0.1) is 22.7 Å². The SMILES string of the molecule is COc1ccc(S(=O)(=O)c2csc3c2NC(=O)CC3c2cccs2)cc1. The zero-order valence-corrected chi connectivity index (χ0v) is 16.2. The average Bonchev–Trinajstić information content (AvgIpc) is 3.31. The van der Waals surface area contributed by atoms with Crippen LogP contribution in [0.3, 0.4) is 0 Å². The van der Waals surface area contributed by atoms with Crippen LogP contribution in [0.5, 0.6) is 5.75 Å². The molecule has 1 aliphatic rings. The van der Waals surface area contributed by atoms with Gasteiger partial charge in [-0.3, -0.25) is 4.79 Å². The number of anilines is 1. The summed E-state index contributed by atoms with van der Waals surface area (Å²) in [5.41, 5.74) is 0.417. The van der Waals surface area contributed by atoms with Crippen LogP contribution in [0, 0.1) is 0 Å². The molecule has 1 aromatic carbocycles. The quantitative estimate of drug-likeness (QED) is 0.709. The second-order valence-corrected chi connectivity index (χ2v) is 9.65. The number of hydrogen-bond donors (Lipinski definition) is 1. The summed E-state index contributed by atoms with van der Waals surface area (Å²) in [4.78, 5) is 14.5. The lowest BCUT2D eigenvalue weighted by Crippen LogP contribution is -2.23. The van der Waals surface area contributed by atoms with E-state index in [0.29, 0.717) is 17.9 Å². The molecule has 2 aromatic heterocycles. The van der Waals surface area contributed by atoms with E-state index in [-0.39, 0.29) is 21.6 Å². The van der Waals surface area contributed by atoms with E-state index in [0.717, 1.165) is 9.75 Å². The lowest BCUT2D eigenvalue weighted by Gasteiger charge is -2.22. The van der Waals surface area contributed by atoms with Crippen LogP contribution >= 0.6 is 22.7 Å². The highest BCUT2D eigenvalue weighted by atomic mass is 32.2. The van der Waals surface area contributed by atoms with E-state index in [1.807, 2.05) is 17.5 Å². The maximum absolute atomic E-state index is 13.1. The van der Waals surface area contributed by atoms with Crippen molar-refractivity contribution in [2.45, 2.75) is 22.1 Å². The van der Waals surface area contributed by atoms with Crippen molar-refractivity contribution in [2.75, 3.05) is 12.4 Å². The minimum atomic E-state index is -3.73. The van der Waals surface area contributed by atoms with Gasteiger partial charge in [0.1, 0.15) is 10.6 Å². The summed E-state index contributed by atoms with van der Waals surface area (Å²) in [6, 6.07) is 10.2. The summed E-state index contributed by atoms with van der Waals surface area (Å²) in [5, 5.41) is 6.35. The molecular weight excluding hydrogens is 390 g/mol. The number of nitrogens with one attached hydrogen (secondary N) is 1. The number of thiophene rings is 2. The van der Waals surface area contributed by atoms with Crippen LogP contribution in [0.1, 0.15) is 22.1 Å². The van der Waals surface area contributed by atoms with Gasteiger partial charge in [-0.1, -0.05) is 6.07 Å². The third-order valence-electron chi connectivity index (χ3n) is 4.30. The van der Waals surface area contributed by atoms with Gasteiger partial charge in [-0.05, 0) is 35.7 Å². The zero-order chi connectivity index (χ0) is 18.3. The van der Waals surface area contributed by atoms with Crippen LogP contribution in [0.2, 0.25) is 0 Å². The molecule has 1 unspecified atom stereocenters. The number of amides is 1. The number of methoxy groups -OCH3 is 1. The topological polar surface area (TPSA) is 72.5 Å². The second kappa shape index (κ2) is 6.53. The monoisotopic (exact) mass is 405 g/mol. The Labute approximate surface area is 159 Å². The molecule has 4 rings (SSSR count). The van der Waals surface area contributed by atoms with Gasteiger partial charge in [0.2, 0.25) is 15.7 Å². The second-order valence-electron chi connectivity index (χ2n) is 5.84. The molecule has 3 aromatic rings. The number of carbonyl (C=O) groups is 1. The van der Waals surface area contributed by atoms with Gasteiger partial charge >= 0.3 is 0 Å². The molecule has 0 bridgehead atoms. The predicted molar refractivity (Wildman–Crippen MR) is 102 cm³/mol. The van der Waals surface area contributed by atoms with Crippen molar-refractivity contribution >= 4 is 44.1 Å². The van der Waals surface area contributed by atoms with Crippen LogP contribution in [-0.2, 0) is 14.6 Å². The highest BCUT2D eigenvalue weighted by Crippen LogP contribution is 2.46. The first kappa shape index (κ1) is 17.3. The highest BCUT2D eigenvalue weighted by Gasteiger charge is 2.34. The Morgan fingerprint density at radius 3 is 2.58 bits per heavy atom. The number of fused-ring (bicyclic) bond motifs is 1. The molecule has 3 heterocycles. The van der Waals surface area contributed by atoms with Crippen molar-refractivity contribution in [3.8, 4) is 5.75 Å². The number of rotatable bonds is 4. The van der Waals surface area contributed by atoms with Gasteiger partial charge in [-0.2, -0.15) is 0 Å². The van der Waals surface area contributed by atoms with Crippen LogP contribution in [-0.4, -0.2) is 21.4 Å². The van der Waals surface area contributed by atoms with E-state index in [4.69, 9.17) is 4.74 Å². The zero-order valence-electron chi connectivity index (χ0n) is 13.8. The first-order valence-electron chi connectivity index (χ1n) is 7.84. The average molecular weight is 406 g/mol.